The first-order valence-electron chi connectivity index (χ1n) is 10.6. The van der Waals surface area contributed by atoms with Crippen molar-refractivity contribution >= 4 is 15.8 Å². The Bertz CT molecular complexity index is 942. The highest BCUT2D eigenvalue weighted by atomic mass is 32.2. The molecule has 2 aromatic rings. The standard InChI is InChI=1S/C23H30N2O5S/c1-18(22(23(26)27)25-14-6-3-7-15-25)24-17-31(28,29)21-12-10-20(11-13-21)30-16-19-8-4-2-5-9-19/h2,4-5,8-13,18,22,24H,3,6-7,14-17H2,1H3,(H,26,27). The summed E-state index contributed by atoms with van der Waals surface area (Å²) in [5.74, 6) is -0.671. The van der Waals surface area contributed by atoms with Crippen LogP contribution in [0.1, 0.15) is 31.7 Å². The molecular formula is C23H30N2O5S. The van der Waals surface area contributed by atoms with Crippen LogP contribution < -0.4 is 10.1 Å². The number of aliphatic carboxylic acids is 1. The van der Waals surface area contributed by atoms with E-state index in [0.717, 1.165) is 37.9 Å². The Morgan fingerprint density at radius 1 is 1.06 bits per heavy atom. The molecular weight excluding hydrogens is 416 g/mol. The second kappa shape index (κ2) is 10.7. The van der Waals surface area contributed by atoms with Crippen LogP contribution in [0.3, 0.4) is 0 Å². The number of carboxylic acid groups (broad SMARTS) is 1. The summed E-state index contributed by atoms with van der Waals surface area (Å²) in [6, 6.07) is 14.8. The number of ether oxygens (including phenoxy) is 1. The molecule has 1 aliphatic rings. The molecule has 2 N–H and O–H groups in total. The number of benzene rings is 2. The molecule has 0 radical (unpaired) electrons. The van der Waals surface area contributed by atoms with Crippen molar-refractivity contribution in [3.05, 3.63) is 60.2 Å². The number of sulfone groups is 1. The summed E-state index contributed by atoms with van der Waals surface area (Å²) < 4.78 is 31.2. The average Bonchev–Trinajstić information content (AvgIpc) is 2.78. The Morgan fingerprint density at radius 3 is 2.32 bits per heavy atom. The van der Waals surface area contributed by atoms with Crippen LogP contribution in [0.25, 0.3) is 0 Å². The zero-order chi connectivity index (χ0) is 22.3. The Hall–Kier alpha value is -2.42. The maximum Gasteiger partial charge on any atom is 0.322 e. The van der Waals surface area contributed by atoms with Gasteiger partial charge in [0.1, 0.15) is 24.3 Å². The van der Waals surface area contributed by atoms with Crippen molar-refractivity contribution in [2.75, 3.05) is 19.0 Å². The Kier molecular flexibility index (Phi) is 8.06. The smallest absolute Gasteiger partial charge is 0.322 e. The van der Waals surface area contributed by atoms with Crippen molar-refractivity contribution in [1.29, 1.82) is 0 Å². The molecule has 0 spiro atoms. The molecule has 31 heavy (non-hydrogen) atoms. The zero-order valence-electron chi connectivity index (χ0n) is 17.7. The van der Waals surface area contributed by atoms with Crippen molar-refractivity contribution in [2.45, 2.75) is 49.8 Å². The fourth-order valence-electron chi connectivity index (χ4n) is 3.80. The second-order valence-electron chi connectivity index (χ2n) is 7.88. The minimum Gasteiger partial charge on any atom is -0.489 e. The molecule has 1 heterocycles. The van der Waals surface area contributed by atoms with Crippen LogP contribution in [-0.4, -0.2) is 55.4 Å². The van der Waals surface area contributed by atoms with Crippen LogP contribution in [-0.2, 0) is 21.2 Å². The third-order valence-electron chi connectivity index (χ3n) is 5.54. The predicted octanol–water partition coefficient (Wildman–Crippen LogP) is 2.91. The lowest BCUT2D eigenvalue weighted by molar-refractivity contribution is -0.144. The quantitative estimate of drug-likeness (QED) is 0.579. The number of carbonyl (C=O) groups is 1. The summed E-state index contributed by atoms with van der Waals surface area (Å²) in [5, 5.41) is 12.6. The topological polar surface area (TPSA) is 95.9 Å². The van der Waals surface area contributed by atoms with E-state index in [1.54, 1.807) is 19.1 Å². The van der Waals surface area contributed by atoms with Crippen molar-refractivity contribution < 1.29 is 23.1 Å². The fraction of sp³-hybridized carbons (Fsp3) is 0.435. The number of nitrogens with one attached hydrogen (secondary N) is 1. The highest BCUT2D eigenvalue weighted by molar-refractivity contribution is 7.91. The highest BCUT2D eigenvalue weighted by Crippen LogP contribution is 2.19. The third-order valence-corrected chi connectivity index (χ3v) is 7.07. The van der Waals surface area contributed by atoms with E-state index in [1.807, 2.05) is 35.2 Å². The first-order valence-corrected chi connectivity index (χ1v) is 12.2. The van der Waals surface area contributed by atoms with Crippen LogP contribution in [0.15, 0.2) is 59.5 Å². The molecule has 2 atom stereocenters. The molecule has 3 rings (SSSR count). The van der Waals surface area contributed by atoms with Gasteiger partial charge in [0.05, 0.1) is 4.90 Å². The van der Waals surface area contributed by atoms with Gasteiger partial charge in [0.2, 0.25) is 0 Å². The molecule has 1 fully saturated rings. The van der Waals surface area contributed by atoms with Crippen LogP contribution in [0.5, 0.6) is 5.75 Å². The third kappa shape index (κ3) is 6.53. The Labute approximate surface area is 184 Å². The summed E-state index contributed by atoms with van der Waals surface area (Å²) in [6.07, 6.45) is 3.03. The van der Waals surface area contributed by atoms with Gasteiger partial charge in [-0.1, -0.05) is 36.8 Å². The van der Waals surface area contributed by atoms with Crippen molar-refractivity contribution in [1.82, 2.24) is 10.2 Å². The minimum atomic E-state index is -3.61. The zero-order valence-corrected chi connectivity index (χ0v) is 18.6. The van der Waals surface area contributed by atoms with E-state index >= 15 is 0 Å². The molecule has 2 unspecified atom stereocenters. The SMILES string of the molecule is CC(NCS(=O)(=O)c1ccc(OCc2ccccc2)cc1)C(C(=O)O)N1CCCCC1. The van der Waals surface area contributed by atoms with Gasteiger partial charge in [-0.05, 0) is 62.7 Å². The summed E-state index contributed by atoms with van der Waals surface area (Å²) in [4.78, 5) is 13.9. The van der Waals surface area contributed by atoms with E-state index in [1.165, 1.54) is 12.1 Å². The van der Waals surface area contributed by atoms with Crippen LogP contribution >= 0.6 is 0 Å². The van der Waals surface area contributed by atoms with Gasteiger partial charge >= 0.3 is 5.97 Å². The van der Waals surface area contributed by atoms with Gasteiger partial charge in [0.15, 0.2) is 9.84 Å². The van der Waals surface area contributed by atoms with E-state index in [0.29, 0.717) is 12.4 Å². The van der Waals surface area contributed by atoms with Gasteiger partial charge < -0.3 is 9.84 Å². The summed E-state index contributed by atoms with van der Waals surface area (Å²) >= 11 is 0. The number of likely N-dealkylation sites (tertiary alicyclic amines) is 1. The van der Waals surface area contributed by atoms with Gasteiger partial charge in [-0.25, -0.2) is 8.42 Å². The lowest BCUT2D eigenvalue weighted by Gasteiger charge is -2.35. The lowest BCUT2D eigenvalue weighted by Crippen LogP contribution is -2.55. The Balaban J connectivity index is 1.57. The van der Waals surface area contributed by atoms with E-state index in [2.05, 4.69) is 5.32 Å². The van der Waals surface area contributed by atoms with Gasteiger partial charge in [-0.2, -0.15) is 0 Å². The van der Waals surface area contributed by atoms with E-state index in [-0.39, 0.29) is 10.8 Å². The fourth-order valence-corrected chi connectivity index (χ4v) is 5.00. The molecule has 2 aromatic carbocycles. The number of hydrogen-bond donors (Lipinski definition) is 2. The molecule has 7 nitrogen and oxygen atoms in total. The highest BCUT2D eigenvalue weighted by Gasteiger charge is 2.32. The van der Waals surface area contributed by atoms with Gasteiger partial charge in [0, 0.05) is 6.04 Å². The molecule has 0 aliphatic carbocycles. The molecule has 8 heteroatoms. The van der Waals surface area contributed by atoms with Crippen molar-refractivity contribution in [3.8, 4) is 5.75 Å². The summed E-state index contributed by atoms with van der Waals surface area (Å²) in [7, 11) is -3.61. The molecule has 0 amide bonds. The maximum atomic E-state index is 12.7. The minimum absolute atomic E-state index is 0.170. The number of carboxylic acids is 1. The number of piperidine rings is 1. The van der Waals surface area contributed by atoms with E-state index < -0.39 is 27.9 Å². The molecule has 0 bridgehead atoms. The van der Waals surface area contributed by atoms with E-state index in [9.17, 15) is 18.3 Å². The largest absolute Gasteiger partial charge is 0.489 e. The first kappa shape index (κ1) is 23.2. The van der Waals surface area contributed by atoms with Crippen molar-refractivity contribution in [3.63, 3.8) is 0 Å². The average molecular weight is 447 g/mol. The maximum absolute atomic E-state index is 12.7. The predicted molar refractivity (Wildman–Crippen MR) is 119 cm³/mol. The molecule has 1 saturated heterocycles. The normalized spacial score (nSPS) is 17.1. The molecule has 1 aliphatic heterocycles. The summed E-state index contributed by atoms with van der Waals surface area (Å²) in [6.45, 7) is 3.57. The van der Waals surface area contributed by atoms with Crippen LogP contribution in [0.4, 0.5) is 0 Å². The summed E-state index contributed by atoms with van der Waals surface area (Å²) in [5.41, 5.74) is 1.03. The lowest BCUT2D eigenvalue weighted by atomic mass is 10.0. The van der Waals surface area contributed by atoms with Gasteiger partial charge in [-0.3, -0.25) is 15.0 Å². The number of rotatable bonds is 10. The van der Waals surface area contributed by atoms with Crippen LogP contribution in [0.2, 0.25) is 0 Å². The Morgan fingerprint density at radius 2 is 1.71 bits per heavy atom. The first-order chi connectivity index (χ1) is 14.9. The van der Waals surface area contributed by atoms with Crippen molar-refractivity contribution in [2.24, 2.45) is 0 Å². The number of hydrogen-bond acceptors (Lipinski definition) is 6. The molecule has 0 aromatic heterocycles. The molecule has 168 valence electrons. The van der Waals surface area contributed by atoms with Gasteiger partial charge in [-0.15, -0.1) is 0 Å². The number of nitrogens with zero attached hydrogens (tertiary/aromatic N) is 1. The van der Waals surface area contributed by atoms with E-state index in [4.69, 9.17) is 4.74 Å². The molecule has 0 saturated carbocycles. The second-order valence-corrected chi connectivity index (χ2v) is 9.87. The van der Waals surface area contributed by atoms with Gasteiger partial charge in [0.25, 0.3) is 0 Å². The monoisotopic (exact) mass is 446 g/mol. The van der Waals surface area contributed by atoms with Crippen LogP contribution in [0, 0.1) is 0 Å².